The number of aromatic amines is 2. The van der Waals surface area contributed by atoms with Gasteiger partial charge in [-0.05, 0) is 61.1 Å². The number of hydrogen-bond acceptors (Lipinski definition) is 4. The van der Waals surface area contributed by atoms with Crippen LogP contribution in [-0.2, 0) is 11.2 Å². The number of fused-ring (bicyclic) bond motifs is 1. The summed E-state index contributed by atoms with van der Waals surface area (Å²) in [6.07, 6.45) is 6.64. The standard InChI is InChI=1S/C25H26ClN3O3/c1-4-14(3)19-10-22(21-12-28-29-25(21)31)27-11-20(19)18(5-2)24(30)16-8-15-9-17(26)6-7-23(15)32-13-16/h5-7,9-12,14,16H,4,8,13H2,1-3H3,(H2,28,29,31)/b18-5+. The Kier molecular flexibility index (Phi) is 6.33. The smallest absolute Gasteiger partial charge is 0.273 e. The molecule has 0 fully saturated rings. The van der Waals surface area contributed by atoms with Gasteiger partial charge in [-0.15, -0.1) is 0 Å². The number of ether oxygens (including phenoxy) is 1. The van der Waals surface area contributed by atoms with Gasteiger partial charge in [-0.2, -0.15) is 0 Å². The molecule has 3 heterocycles. The molecule has 1 aliphatic heterocycles. The summed E-state index contributed by atoms with van der Waals surface area (Å²) in [6, 6.07) is 7.43. The molecule has 0 aliphatic carbocycles. The summed E-state index contributed by atoms with van der Waals surface area (Å²) >= 11 is 6.14. The number of nitrogens with zero attached hydrogens (tertiary/aromatic N) is 1. The van der Waals surface area contributed by atoms with Crippen molar-refractivity contribution in [3.63, 3.8) is 0 Å². The molecular formula is C25H26ClN3O3. The van der Waals surface area contributed by atoms with Crippen molar-refractivity contribution in [1.29, 1.82) is 0 Å². The third-order valence-corrected chi connectivity index (χ3v) is 6.38. The van der Waals surface area contributed by atoms with Crippen molar-refractivity contribution in [2.24, 2.45) is 5.92 Å². The summed E-state index contributed by atoms with van der Waals surface area (Å²) in [7, 11) is 0. The summed E-state index contributed by atoms with van der Waals surface area (Å²) in [6.45, 7) is 6.41. The van der Waals surface area contributed by atoms with Crippen molar-refractivity contribution in [1.82, 2.24) is 15.2 Å². The molecule has 0 bridgehead atoms. The van der Waals surface area contributed by atoms with Gasteiger partial charge in [0.1, 0.15) is 5.75 Å². The number of pyridine rings is 1. The molecule has 2 unspecified atom stereocenters. The maximum absolute atomic E-state index is 13.6. The molecule has 1 aromatic carbocycles. The molecule has 0 amide bonds. The third-order valence-electron chi connectivity index (χ3n) is 6.15. The lowest BCUT2D eigenvalue weighted by Gasteiger charge is -2.26. The zero-order chi connectivity index (χ0) is 22.8. The largest absolute Gasteiger partial charge is 0.493 e. The maximum atomic E-state index is 13.6. The Morgan fingerprint density at radius 2 is 2.19 bits per heavy atom. The normalized spacial score (nSPS) is 16.9. The third kappa shape index (κ3) is 4.15. The van der Waals surface area contributed by atoms with E-state index >= 15 is 0 Å². The van der Waals surface area contributed by atoms with Gasteiger partial charge in [-0.25, -0.2) is 0 Å². The van der Waals surface area contributed by atoms with Crippen LogP contribution < -0.4 is 10.3 Å². The first-order chi connectivity index (χ1) is 15.4. The molecule has 3 aromatic rings. The molecule has 2 aromatic heterocycles. The first kappa shape index (κ1) is 22.1. The van der Waals surface area contributed by atoms with Crippen LogP contribution in [0.5, 0.6) is 5.75 Å². The number of rotatable bonds is 6. The Hall–Kier alpha value is -3.12. The molecule has 0 saturated heterocycles. The van der Waals surface area contributed by atoms with Crippen molar-refractivity contribution >= 4 is 23.0 Å². The quantitative estimate of drug-likeness (QED) is 0.507. The van der Waals surface area contributed by atoms with Gasteiger partial charge in [0.2, 0.25) is 0 Å². The number of halogens is 1. The number of hydrogen-bond donors (Lipinski definition) is 2. The lowest BCUT2D eigenvalue weighted by Crippen LogP contribution is -2.29. The van der Waals surface area contributed by atoms with Crippen molar-refractivity contribution in [2.75, 3.05) is 6.61 Å². The van der Waals surface area contributed by atoms with E-state index in [9.17, 15) is 9.59 Å². The van der Waals surface area contributed by atoms with E-state index in [0.717, 1.165) is 28.9 Å². The lowest BCUT2D eigenvalue weighted by molar-refractivity contribution is -0.118. The van der Waals surface area contributed by atoms with Crippen LogP contribution in [0, 0.1) is 5.92 Å². The SMILES string of the molecule is C/C=C(/C(=O)C1COc2ccc(Cl)cc2C1)c1cnc(-c2c[nH][nH]c2=O)cc1C(C)CC. The van der Waals surface area contributed by atoms with Gasteiger partial charge in [-0.1, -0.05) is 31.5 Å². The second-order valence-corrected chi connectivity index (χ2v) is 8.59. The van der Waals surface area contributed by atoms with Gasteiger partial charge in [0.15, 0.2) is 5.78 Å². The molecule has 2 N–H and O–H groups in total. The highest BCUT2D eigenvalue weighted by molar-refractivity contribution is 6.30. The molecule has 32 heavy (non-hydrogen) atoms. The summed E-state index contributed by atoms with van der Waals surface area (Å²) in [5, 5.41) is 5.89. The summed E-state index contributed by atoms with van der Waals surface area (Å²) in [5.74, 6) is 0.694. The van der Waals surface area contributed by atoms with E-state index < -0.39 is 0 Å². The average Bonchev–Trinajstić information content (AvgIpc) is 3.24. The number of ketones is 1. The highest BCUT2D eigenvalue weighted by Gasteiger charge is 2.30. The molecule has 4 rings (SSSR count). The zero-order valence-electron chi connectivity index (χ0n) is 18.4. The van der Waals surface area contributed by atoms with E-state index in [0.29, 0.717) is 34.9 Å². The van der Waals surface area contributed by atoms with Crippen LogP contribution in [0.3, 0.4) is 0 Å². The predicted octanol–water partition coefficient (Wildman–Crippen LogP) is 5.16. The van der Waals surface area contributed by atoms with Crippen LogP contribution in [0.1, 0.15) is 49.8 Å². The van der Waals surface area contributed by atoms with Gasteiger partial charge in [0, 0.05) is 28.6 Å². The number of aromatic nitrogens is 3. The summed E-state index contributed by atoms with van der Waals surface area (Å²) in [4.78, 5) is 30.2. The second-order valence-electron chi connectivity index (χ2n) is 8.15. The molecule has 2 atom stereocenters. The van der Waals surface area contributed by atoms with Gasteiger partial charge in [-0.3, -0.25) is 19.7 Å². The van der Waals surface area contributed by atoms with E-state index in [1.807, 2.05) is 31.2 Å². The van der Waals surface area contributed by atoms with Gasteiger partial charge in [0.05, 0.1) is 23.8 Å². The monoisotopic (exact) mass is 451 g/mol. The van der Waals surface area contributed by atoms with Crippen LogP contribution >= 0.6 is 11.6 Å². The van der Waals surface area contributed by atoms with Gasteiger partial charge < -0.3 is 9.84 Å². The van der Waals surface area contributed by atoms with Crippen LogP contribution in [0.25, 0.3) is 16.8 Å². The molecule has 7 heteroatoms. The lowest BCUT2D eigenvalue weighted by atomic mass is 9.83. The average molecular weight is 452 g/mol. The van der Waals surface area contributed by atoms with E-state index in [1.165, 1.54) is 0 Å². The molecule has 0 saturated carbocycles. The fourth-order valence-corrected chi connectivity index (χ4v) is 4.34. The summed E-state index contributed by atoms with van der Waals surface area (Å²) < 4.78 is 5.86. The Morgan fingerprint density at radius 3 is 2.88 bits per heavy atom. The minimum Gasteiger partial charge on any atom is -0.493 e. The van der Waals surface area contributed by atoms with Crippen molar-refractivity contribution in [2.45, 2.75) is 39.5 Å². The fourth-order valence-electron chi connectivity index (χ4n) is 4.15. The second kappa shape index (κ2) is 9.17. The summed E-state index contributed by atoms with van der Waals surface area (Å²) in [5.41, 5.74) is 4.21. The van der Waals surface area contributed by atoms with E-state index in [1.54, 1.807) is 18.5 Å². The highest BCUT2D eigenvalue weighted by atomic mass is 35.5. The van der Waals surface area contributed by atoms with Crippen molar-refractivity contribution < 1.29 is 9.53 Å². The number of carbonyl (C=O) groups is 1. The predicted molar refractivity (Wildman–Crippen MR) is 126 cm³/mol. The number of Topliss-reactive ketones (excluding diaryl/α,β-unsaturated/α-hetero) is 1. The van der Waals surface area contributed by atoms with Crippen LogP contribution in [0.4, 0.5) is 0 Å². The first-order valence-corrected chi connectivity index (χ1v) is 11.2. The van der Waals surface area contributed by atoms with Crippen LogP contribution in [-0.4, -0.2) is 27.6 Å². The van der Waals surface area contributed by atoms with E-state index in [4.69, 9.17) is 16.3 Å². The number of allylic oxidation sites excluding steroid dienone is 2. The molecule has 166 valence electrons. The zero-order valence-corrected chi connectivity index (χ0v) is 19.1. The fraction of sp³-hybridized carbons (Fsp3) is 0.320. The Balaban J connectivity index is 1.70. The number of carbonyl (C=O) groups excluding carboxylic acids is 1. The highest BCUT2D eigenvalue weighted by Crippen LogP contribution is 2.35. The van der Waals surface area contributed by atoms with E-state index in [-0.39, 0.29) is 23.2 Å². The van der Waals surface area contributed by atoms with Gasteiger partial charge >= 0.3 is 0 Å². The van der Waals surface area contributed by atoms with Crippen molar-refractivity contribution in [3.05, 3.63) is 74.8 Å². The Morgan fingerprint density at radius 1 is 1.38 bits per heavy atom. The molecule has 0 radical (unpaired) electrons. The molecule has 1 aliphatic rings. The Bertz CT molecular complexity index is 1240. The van der Waals surface area contributed by atoms with Crippen LogP contribution in [0.2, 0.25) is 5.02 Å². The van der Waals surface area contributed by atoms with Gasteiger partial charge in [0.25, 0.3) is 5.56 Å². The Labute approximate surface area is 191 Å². The molecule has 6 nitrogen and oxygen atoms in total. The van der Waals surface area contributed by atoms with Crippen LogP contribution in [0.15, 0.2) is 47.5 Å². The molecular weight excluding hydrogens is 426 g/mol. The maximum Gasteiger partial charge on any atom is 0.273 e. The number of nitrogens with one attached hydrogen (secondary N) is 2. The number of H-pyrrole nitrogens is 2. The topological polar surface area (TPSA) is 87.8 Å². The minimum absolute atomic E-state index is 0.0247. The van der Waals surface area contributed by atoms with Crippen molar-refractivity contribution in [3.8, 4) is 17.0 Å². The minimum atomic E-state index is -0.302. The first-order valence-electron chi connectivity index (χ1n) is 10.8. The molecule has 0 spiro atoms. The number of benzene rings is 1. The van der Waals surface area contributed by atoms with E-state index in [2.05, 4.69) is 29.0 Å².